The molecule has 7 nitrogen and oxygen atoms in total. The van der Waals surface area contributed by atoms with Gasteiger partial charge >= 0.3 is 0 Å². The predicted octanol–water partition coefficient (Wildman–Crippen LogP) is 3.54. The number of rotatable bonds is 5. The maximum absolute atomic E-state index is 12.5. The van der Waals surface area contributed by atoms with Crippen molar-refractivity contribution in [3.8, 4) is 0 Å². The number of aromatic nitrogens is 2. The molecule has 130 valence electrons. The number of anilines is 3. The normalized spacial score (nSPS) is 11.3. The molecule has 2 aromatic heterocycles. The smallest absolute Gasteiger partial charge is 0.261 e. The first kappa shape index (κ1) is 17.0. The third-order valence-electron chi connectivity index (χ3n) is 3.69. The Bertz CT molecular complexity index is 995. The van der Waals surface area contributed by atoms with Gasteiger partial charge in [0, 0.05) is 6.07 Å². The average molecular weight is 358 g/mol. The molecule has 0 unspecified atom stereocenters. The van der Waals surface area contributed by atoms with Crippen LogP contribution in [0.1, 0.15) is 16.9 Å². The first-order valence-electron chi connectivity index (χ1n) is 7.60. The molecule has 0 amide bonds. The Morgan fingerprint density at radius 2 is 1.76 bits per heavy atom. The molecule has 0 aliphatic heterocycles. The summed E-state index contributed by atoms with van der Waals surface area (Å²) in [5.74, 6) is 1.75. The third-order valence-corrected chi connectivity index (χ3v) is 5.07. The molecule has 3 rings (SSSR count). The highest BCUT2D eigenvalue weighted by Crippen LogP contribution is 2.20. The number of pyridine rings is 1. The first-order chi connectivity index (χ1) is 11.8. The summed E-state index contributed by atoms with van der Waals surface area (Å²) >= 11 is 0. The van der Waals surface area contributed by atoms with Gasteiger partial charge in [-0.15, -0.1) is 0 Å². The molecule has 2 N–H and O–H groups in total. The van der Waals surface area contributed by atoms with Crippen molar-refractivity contribution >= 4 is 27.3 Å². The van der Waals surface area contributed by atoms with E-state index >= 15 is 0 Å². The number of nitrogens with zero attached hydrogens (tertiary/aromatic N) is 2. The van der Waals surface area contributed by atoms with Gasteiger partial charge in [0.05, 0.1) is 16.8 Å². The van der Waals surface area contributed by atoms with E-state index in [1.54, 1.807) is 43.3 Å². The van der Waals surface area contributed by atoms with Crippen molar-refractivity contribution in [2.75, 3.05) is 10.0 Å². The fourth-order valence-corrected chi connectivity index (χ4v) is 3.31. The maximum Gasteiger partial charge on any atom is 0.261 e. The van der Waals surface area contributed by atoms with E-state index in [2.05, 4.69) is 20.2 Å². The fraction of sp³-hybridized carbons (Fsp3) is 0.176. The second-order valence-corrected chi connectivity index (χ2v) is 7.41. The molecular formula is C17H18N4O3S. The second-order valence-electron chi connectivity index (χ2n) is 5.73. The highest BCUT2D eigenvalue weighted by atomic mass is 32.2. The maximum atomic E-state index is 12.5. The summed E-state index contributed by atoms with van der Waals surface area (Å²) in [6.45, 7) is 5.60. The molecule has 0 fully saturated rings. The minimum absolute atomic E-state index is 0.218. The van der Waals surface area contributed by atoms with Crippen LogP contribution < -0.4 is 10.0 Å². The van der Waals surface area contributed by atoms with E-state index in [1.165, 1.54) is 6.20 Å². The number of nitrogens with one attached hydrogen (secondary N) is 2. The van der Waals surface area contributed by atoms with E-state index in [0.717, 1.165) is 11.1 Å². The summed E-state index contributed by atoms with van der Waals surface area (Å²) in [5, 5.41) is 6.78. The fourth-order valence-electron chi connectivity index (χ4n) is 2.18. The highest BCUT2D eigenvalue weighted by Gasteiger charge is 2.15. The molecule has 0 bridgehead atoms. The van der Waals surface area contributed by atoms with E-state index in [4.69, 9.17) is 4.52 Å². The van der Waals surface area contributed by atoms with Crippen LogP contribution in [-0.4, -0.2) is 18.6 Å². The summed E-state index contributed by atoms with van der Waals surface area (Å²) in [6.07, 6.45) is 1.44. The van der Waals surface area contributed by atoms with Crippen molar-refractivity contribution in [3.63, 3.8) is 0 Å². The van der Waals surface area contributed by atoms with Gasteiger partial charge in [-0.25, -0.2) is 13.4 Å². The van der Waals surface area contributed by atoms with Gasteiger partial charge in [0.2, 0.25) is 0 Å². The molecule has 0 aliphatic rings. The third kappa shape index (κ3) is 3.97. The summed E-state index contributed by atoms with van der Waals surface area (Å²) in [6, 6.07) is 10.0. The standard InChI is InChI=1S/C17H18N4O3S/c1-11-4-6-15(8-12(11)2)25(22,23)21-14-5-7-16(18-10-14)19-17-9-13(3)24-20-17/h4-10,21H,1-3H3,(H,18,19,20). The van der Waals surface area contributed by atoms with Gasteiger partial charge in [-0.3, -0.25) is 4.72 Å². The Labute approximate surface area is 146 Å². The van der Waals surface area contributed by atoms with Gasteiger partial charge < -0.3 is 9.84 Å². The Hall–Kier alpha value is -2.87. The molecule has 2 heterocycles. The van der Waals surface area contributed by atoms with Crippen LogP contribution in [0.4, 0.5) is 17.3 Å². The number of hydrogen-bond donors (Lipinski definition) is 2. The Morgan fingerprint density at radius 3 is 2.36 bits per heavy atom. The minimum atomic E-state index is -3.66. The summed E-state index contributed by atoms with van der Waals surface area (Å²) in [4.78, 5) is 4.39. The molecule has 0 saturated heterocycles. The quantitative estimate of drug-likeness (QED) is 0.724. The number of hydrogen-bond acceptors (Lipinski definition) is 6. The molecule has 0 atom stereocenters. The zero-order valence-electron chi connectivity index (χ0n) is 14.1. The molecule has 0 saturated carbocycles. The number of aryl methyl sites for hydroxylation is 3. The van der Waals surface area contributed by atoms with Crippen LogP contribution in [0.2, 0.25) is 0 Å². The number of benzene rings is 1. The van der Waals surface area contributed by atoms with Crippen molar-refractivity contribution in [1.29, 1.82) is 0 Å². The van der Waals surface area contributed by atoms with Crippen LogP contribution in [0.15, 0.2) is 52.0 Å². The van der Waals surface area contributed by atoms with E-state index in [0.29, 0.717) is 23.1 Å². The van der Waals surface area contributed by atoms with Crippen molar-refractivity contribution < 1.29 is 12.9 Å². The van der Waals surface area contributed by atoms with E-state index in [1.807, 2.05) is 13.8 Å². The van der Waals surface area contributed by atoms with Gasteiger partial charge in [0.25, 0.3) is 10.0 Å². The molecule has 1 aromatic carbocycles. The van der Waals surface area contributed by atoms with Crippen molar-refractivity contribution in [2.45, 2.75) is 25.7 Å². The largest absolute Gasteiger partial charge is 0.360 e. The lowest BCUT2D eigenvalue weighted by molar-refractivity contribution is 0.400. The summed E-state index contributed by atoms with van der Waals surface area (Å²) < 4.78 is 32.4. The monoisotopic (exact) mass is 358 g/mol. The summed E-state index contributed by atoms with van der Waals surface area (Å²) in [5.41, 5.74) is 2.34. The lowest BCUT2D eigenvalue weighted by Crippen LogP contribution is -2.13. The van der Waals surface area contributed by atoms with Gasteiger partial charge in [0.1, 0.15) is 11.6 Å². The zero-order valence-corrected chi connectivity index (χ0v) is 14.9. The predicted molar refractivity (Wildman–Crippen MR) is 95.5 cm³/mol. The van der Waals surface area contributed by atoms with E-state index < -0.39 is 10.0 Å². The lowest BCUT2D eigenvalue weighted by atomic mass is 10.1. The van der Waals surface area contributed by atoms with Gasteiger partial charge in [-0.1, -0.05) is 11.2 Å². The minimum Gasteiger partial charge on any atom is -0.360 e. The van der Waals surface area contributed by atoms with Crippen LogP contribution in [-0.2, 0) is 10.0 Å². The average Bonchev–Trinajstić information content (AvgIpc) is 2.96. The van der Waals surface area contributed by atoms with Crippen LogP contribution in [0.3, 0.4) is 0 Å². The first-order valence-corrected chi connectivity index (χ1v) is 9.08. The van der Waals surface area contributed by atoms with Crippen molar-refractivity contribution in [2.24, 2.45) is 0 Å². The Kier molecular flexibility index (Phi) is 4.45. The second kappa shape index (κ2) is 6.56. The van der Waals surface area contributed by atoms with Crippen LogP contribution in [0.5, 0.6) is 0 Å². The molecule has 3 aromatic rings. The lowest BCUT2D eigenvalue weighted by Gasteiger charge is -2.10. The van der Waals surface area contributed by atoms with Gasteiger partial charge in [0.15, 0.2) is 5.82 Å². The highest BCUT2D eigenvalue weighted by molar-refractivity contribution is 7.92. The summed E-state index contributed by atoms with van der Waals surface area (Å²) in [7, 11) is -3.66. The molecule has 8 heteroatoms. The van der Waals surface area contributed by atoms with E-state index in [9.17, 15) is 8.42 Å². The molecule has 0 radical (unpaired) electrons. The van der Waals surface area contributed by atoms with Gasteiger partial charge in [-0.2, -0.15) is 0 Å². The Morgan fingerprint density at radius 1 is 0.960 bits per heavy atom. The Balaban J connectivity index is 1.74. The van der Waals surface area contributed by atoms with Gasteiger partial charge in [-0.05, 0) is 56.2 Å². The van der Waals surface area contributed by atoms with Crippen molar-refractivity contribution in [1.82, 2.24) is 10.1 Å². The van der Waals surface area contributed by atoms with Crippen LogP contribution in [0, 0.1) is 20.8 Å². The molecule has 0 aliphatic carbocycles. The van der Waals surface area contributed by atoms with Crippen LogP contribution in [0.25, 0.3) is 0 Å². The zero-order chi connectivity index (χ0) is 18.0. The van der Waals surface area contributed by atoms with Crippen molar-refractivity contribution in [3.05, 3.63) is 59.5 Å². The molecular weight excluding hydrogens is 340 g/mol. The topological polar surface area (TPSA) is 97.1 Å². The SMILES string of the molecule is Cc1cc(Nc2ccc(NS(=O)(=O)c3ccc(C)c(C)c3)cn2)no1. The molecule has 0 spiro atoms. The number of sulfonamides is 1. The van der Waals surface area contributed by atoms with E-state index in [-0.39, 0.29) is 4.90 Å². The molecule has 25 heavy (non-hydrogen) atoms. The van der Waals surface area contributed by atoms with Crippen LogP contribution >= 0.6 is 0 Å².